The molecule has 0 amide bonds. The number of hydrogen-bond donors (Lipinski definition) is 1. The van der Waals surface area contributed by atoms with Gasteiger partial charge in [-0.05, 0) is 37.9 Å². The van der Waals surface area contributed by atoms with Gasteiger partial charge in [0.25, 0.3) is 0 Å². The van der Waals surface area contributed by atoms with E-state index in [1.54, 1.807) is 7.11 Å². The van der Waals surface area contributed by atoms with E-state index < -0.39 is 0 Å². The summed E-state index contributed by atoms with van der Waals surface area (Å²) in [6.07, 6.45) is 1.21. The van der Waals surface area contributed by atoms with Crippen LogP contribution in [0.3, 0.4) is 0 Å². The van der Waals surface area contributed by atoms with Crippen LogP contribution in [0.25, 0.3) is 0 Å². The zero-order chi connectivity index (χ0) is 11.7. The Labute approximate surface area is 106 Å². The Morgan fingerprint density at radius 3 is 2.75 bits per heavy atom. The molecule has 1 unspecified atom stereocenters. The topological polar surface area (TPSA) is 21.3 Å². The quantitative estimate of drug-likeness (QED) is 0.900. The molecule has 16 heavy (non-hydrogen) atoms. The molecular formula is C13H18BrNO. The summed E-state index contributed by atoms with van der Waals surface area (Å²) in [4.78, 5) is 0. The minimum absolute atomic E-state index is 0.598. The molecule has 1 saturated heterocycles. The summed E-state index contributed by atoms with van der Waals surface area (Å²) in [5.41, 5.74) is 3.86. The molecule has 0 aromatic heterocycles. The van der Waals surface area contributed by atoms with E-state index in [0.29, 0.717) is 5.92 Å². The van der Waals surface area contributed by atoms with Gasteiger partial charge in [0, 0.05) is 22.5 Å². The van der Waals surface area contributed by atoms with Crippen LogP contribution in [0, 0.1) is 13.8 Å². The number of benzene rings is 1. The fourth-order valence-corrected chi connectivity index (χ4v) is 2.76. The zero-order valence-electron chi connectivity index (χ0n) is 10.1. The van der Waals surface area contributed by atoms with Crippen molar-refractivity contribution >= 4 is 15.9 Å². The second-order valence-corrected chi connectivity index (χ2v) is 5.24. The highest BCUT2D eigenvalue weighted by molar-refractivity contribution is 9.10. The van der Waals surface area contributed by atoms with E-state index in [-0.39, 0.29) is 0 Å². The SMILES string of the molecule is COc1c(C2CCNC2)cc(C)c(Br)c1C. The summed E-state index contributed by atoms with van der Waals surface area (Å²) in [6.45, 7) is 6.43. The number of aryl methyl sites for hydroxylation is 1. The molecule has 3 heteroatoms. The molecule has 0 aliphatic carbocycles. The fraction of sp³-hybridized carbons (Fsp3) is 0.538. The minimum atomic E-state index is 0.598. The van der Waals surface area contributed by atoms with Crippen molar-refractivity contribution in [3.8, 4) is 5.75 Å². The molecule has 1 heterocycles. The van der Waals surface area contributed by atoms with Gasteiger partial charge in [0.1, 0.15) is 5.75 Å². The Bertz CT molecular complexity index is 397. The molecule has 1 aliphatic heterocycles. The average Bonchev–Trinajstić information content (AvgIpc) is 2.79. The summed E-state index contributed by atoms with van der Waals surface area (Å²) in [5.74, 6) is 1.65. The largest absolute Gasteiger partial charge is 0.496 e. The second-order valence-electron chi connectivity index (χ2n) is 4.44. The molecule has 1 N–H and O–H groups in total. The lowest BCUT2D eigenvalue weighted by Crippen LogP contribution is -2.09. The molecule has 1 atom stereocenters. The first-order chi connectivity index (χ1) is 7.65. The summed E-state index contributed by atoms with van der Waals surface area (Å²) in [5, 5.41) is 3.41. The van der Waals surface area contributed by atoms with Crippen molar-refractivity contribution in [1.82, 2.24) is 5.32 Å². The van der Waals surface area contributed by atoms with Crippen LogP contribution < -0.4 is 10.1 Å². The molecule has 1 aliphatic rings. The second kappa shape index (κ2) is 4.76. The van der Waals surface area contributed by atoms with Crippen molar-refractivity contribution in [1.29, 1.82) is 0 Å². The summed E-state index contributed by atoms with van der Waals surface area (Å²) in [6, 6.07) is 2.26. The minimum Gasteiger partial charge on any atom is -0.496 e. The van der Waals surface area contributed by atoms with Crippen molar-refractivity contribution in [2.75, 3.05) is 20.2 Å². The van der Waals surface area contributed by atoms with Gasteiger partial charge in [-0.15, -0.1) is 0 Å². The highest BCUT2D eigenvalue weighted by Gasteiger charge is 2.22. The maximum atomic E-state index is 5.57. The molecule has 0 saturated carbocycles. The van der Waals surface area contributed by atoms with Gasteiger partial charge in [0.05, 0.1) is 7.11 Å². The van der Waals surface area contributed by atoms with Gasteiger partial charge in [-0.2, -0.15) is 0 Å². The van der Waals surface area contributed by atoms with E-state index in [1.165, 1.54) is 27.6 Å². The Balaban J connectivity index is 2.50. The Morgan fingerprint density at radius 2 is 2.19 bits per heavy atom. The lowest BCUT2D eigenvalue weighted by molar-refractivity contribution is 0.402. The average molecular weight is 284 g/mol. The van der Waals surface area contributed by atoms with E-state index >= 15 is 0 Å². The first-order valence-electron chi connectivity index (χ1n) is 5.69. The van der Waals surface area contributed by atoms with Crippen molar-refractivity contribution in [3.63, 3.8) is 0 Å². The number of hydrogen-bond acceptors (Lipinski definition) is 2. The van der Waals surface area contributed by atoms with Gasteiger partial charge in [0.2, 0.25) is 0 Å². The first-order valence-corrected chi connectivity index (χ1v) is 6.48. The number of halogens is 1. The zero-order valence-corrected chi connectivity index (χ0v) is 11.6. The smallest absolute Gasteiger partial charge is 0.126 e. The maximum Gasteiger partial charge on any atom is 0.126 e. The number of nitrogens with one attached hydrogen (secondary N) is 1. The van der Waals surface area contributed by atoms with Crippen LogP contribution in [0.1, 0.15) is 29.0 Å². The molecule has 0 bridgehead atoms. The van der Waals surface area contributed by atoms with Crippen LogP contribution in [-0.2, 0) is 0 Å². The maximum absolute atomic E-state index is 5.57. The summed E-state index contributed by atoms with van der Waals surface area (Å²) >= 11 is 3.62. The Kier molecular flexibility index (Phi) is 3.55. The van der Waals surface area contributed by atoms with Crippen LogP contribution in [0.5, 0.6) is 5.75 Å². The fourth-order valence-electron chi connectivity index (χ4n) is 2.47. The van der Waals surface area contributed by atoms with Crippen molar-refractivity contribution in [3.05, 3.63) is 27.2 Å². The molecule has 1 aromatic carbocycles. The molecule has 1 fully saturated rings. The molecule has 2 nitrogen and oxygen atoms in total. The van der Waals surface area contributed by atoms with E-state index in [1.807, 2.05) is 0 Å². The van der Waals surface area contributed by atoms with Gasteiger partial charge in [-0.25, -0.2) is 0 Å². The number of methoxy groups -OCH3 is 1. The van der Waals surface area contributed by atoms with Crippen LogP contribution in [-0.4, -0.2) is 20.2 Å². The predicted molar refractivity (Wildman–Crippen MR) is 70.4 cm³/mol. The lowest BCUT2D eigenvalue weighted by atomic mass is 9.93. The van der Waals surface area contributed by atoms with Gasteiger partial charge >= 0.3 is 0 Å². The lowest BCUT2D eigenvalue weighted by Gasteiger charge is -2.18. The summed E-state index contributed by atoms with van der Waals surface area (Å²) in [7, 11) is 1.76. The normalized spacial score (nSPS) is 20.1. The predicted octanol–water partition coefficient (Wildman–Crippen LogP) is 3.15. The van der Waals surface area contributed by atoms with Crippen molar-refractivity contribution < 1.29 is 4.74 Å². The third kappa shape index (κ3) is 1.98. The highest BCUT2D eigenvalue weighted by Crippen LogP contribution is 2.38. The van der Waals surface area contributed by atoms with Gasteiger partial charge in [-0.1, -0.05) is 22.0 Å². The molecule has 2 rings (SSSR count). The van der Waals surface area contributed by atoms with Gasteiger partial charge in [0.15, 0.2) is 0 Å². The molecule has 88 valence electrons. The molecule has 0 radical (unpaired) electrons. The van der Waals surface area contributed by atoms with Crippen molar-refractivity contribution in [2.45, 2.75) is 26.2 Å². The van der Waals surface area contributed by atoms with Crippen LogP contribution in [0.2, 0.25) is 0 Å². The van der Waals surface area contributed by atoms with E-state index in [2.05, 4.69) is 41.2 Å². The van der Waals surface area contributed by atoms with Crippen molar-refractivity contribution in [2.24, 2.45) is 0 Å². The van der Waals surface area contributed by atoms with E-state index in [4.69, 9.17) is 4.74 Å². The Morgan fingerprint density at radius 1 is 1.44 bits per heavy atom. The summed E-state index contributed by atoms with van der Waals surface area (Å²) < 4.78 is 6.73. The molecular weight excluding hydrogens is 266 g/mol. The highest BCUT2D eigenvalue weighted by atomic mass is 79.9. The van der Waals surface area contributed by atoms with Crippen LogP contribution in [0.15, 0.2) is 10.5 Å². The third-order valence-corrected chi connectivity index (χ3v) is 4.57. The first kappa shape index (κ1) is 11.9. The van der Waals surface area contributed by atoms with Gasteiger partial charge in [-0.3, -0.25) is 0 Å². The van der Waals surface area contributed by atoms with Crippen LogP contribution in [0.4, 0.5) is 0 Å². The monoisotopic (exact) mass is 283 g/mol. The molecule has 0 spiro atoms. The van der Waals surface area contributed by atoms with E-state index in [9.17, 15) is 0 Å². The standard InChI is InChI=1S/C13H18BrNO/c1-8-6-11(10-4-5-15-7-10)13(16-3)9(2)12(8)14/h6,10,15H,4-5,7H2,1-3H3. The van der Waals surface area contributed by atoms with Gasteiger partial charge < -0.3 is 10.1 Å². The molecule has 1 aromatic rings. The van der Waals surface area contributed by atoms with E-state index in [0.717, 1.165) is 18.8 Å². The number of rotatable bonds is 2. The van der Waals surface area contributed by atoms with Crippen LogP contribution >= 0.6 is 15.9 Å². The third-order valence-electron chi connectivity index (χ3n) is 3.35. The Hall–Kier alpha value is -0.540. The number of ether oxygens (including phenoxy) is 1.